The SMILES string of the molecule is c1ccc([P+](CCCCOCCC[P+](c2ccccc2)(c2ccccc2)c2ccccc2)(c2ccccc2)c2ccccc2)cc1. The smallest absolute Gasteiger partial charge is 0.112 e. The van der Waals surface area contributed by atoms with E-state index in [1.165, 1.54) is 31.8 Å². The molecule has 0 bridgehead atoms. The summed E-state index contributed by atoms with van der Waals surface area (Å²) in [5.74, 6) is 0. The van der Waals surface area contributed by atoms with E-state index in [0.717, 1.165) is 44.8 Å². The number of ether oxygens (including phenoxy) is 1. The predicted octanol–water partition coefficient (Wildman–Crippen LogP) is 8.16. The van der Waals surface area contributed by atoms with Crippen molar-refractivity contribution in [3.05, 3.63) is 182 Å². The molecule has 0 saturated heterocycles. The second kappa shape index (κ2) is 16.1. The van der Waals surface area contributed by atoms with Gasteiger partial charge in [0.25, 0.3) is 0 Å². The molecular weight excluding hydrogens is 594 g/mol. The Morgan fingerprint density at radius 2 is 0.522 bits per heavy atom. The topological polar surface area (TPSA) is 9.23 Å². The maximum atomic E-state index is 6.40. The van der Waals surface area contributed by atoms with Crippen LogP contribution in [0, 0.1) is 0 Å². The van der Waals surface area contributed by atoms with Crippen molar-refractivity contribution in [2.75, 3.05) is 25.5 Å². The molecule has 0 spiro atoms. The van der Waals surface area contributed by atoms with Crippen LogP contribution in [0.5, 0.6) is 0 Å². The van der Waals surface area contributed by atoms with Gasteiger partial charge in [-0.3, -0.25) is 0 Å². The van der Waals surface area contributed by atoms with Gasteiger partial charge in [-0.15, -0.1) is 0 Å². The summed E-state index contributed by atoms with van der Waals surface area (Å²) < 4.78 is 6.40. The Labute approximate surface area is 277 Å². The average Bonchev–Trinajstić information content (AvgIpc) is 3.15. The molecule has 0 heterocycles. The Morgan fingerprint density at radius 3 is 0.804 bits per heavy atom. The molecule has 0 aliphatic heterocycles. The third-order valence-electron chi connectivity index (χ3n) is 9.00. The monoisotopic (exact) mass is 638 g/mol. The largest absolute Gasteiger partial charge is 0.381 e. The predicted molar refractivity (Wildman–Crippen MR) is 205 cm³/mol. The van der Waals surface area contributed by atoms with E-state index < -0.39 is 14.5 Å². The van der Waals surface area contributed by atoms with Crippen LogP contribution in [0.1, 0.15) is 19.3 Å². The molecule has 0 saturated carbocycles. The van der Waals surface area contributed by atoms with Gasteiger partial charge in [0.1, 0.15) is 46.4 Å². The van der Waals surface area contributed by atoms with Crippen LogP contribution in [0.3, 0.4) is 0 Å². The van der Waals surface area contributed by atoms with E-state index >= 15 is 0 Å². The van der Waals surface area contributed by atoms with Crippen LogP contribution in [0.15, 0.2) is 182 Å². The zero-order valence-electron chi connectivity index (χ0n) is 26.6. The third kappa shape index (κ3) is 7.09. The fourth-order valence-electron chi connectivity index (χ4n) is 6.82. The molecule has 0 unspecified atom stereocenters. The van der Waals surface area contributed by atoms with Gasteiger partial charge in [-0.1, -0.05) is 109 Å². The Balaban J connectivity index is 1.14. The second-order valence-electron chi connectivity index (χ2n) is 11.8. The van der Waals surface area contributed by atoms with Crippen molar-refractivity contribution < 1.29 is 4.74 Å². The Bertz CT molecular complexity index is 1390. The van der Waals surface area contributed by atoms with E-state index in [4.69, 9.17) is 4.74 Å². The Morgan fingerprint density at radius 1 is 0.283 bits per heavy atom. The number of benzene rings is 6. The molecule has 0 aliphatic rings. The number of hydrogen-bond donors (Lipinski definition) is 0. The second-order valence-corrected chi connectivity index (χ2v) is 19.0. The lowest BCUT2D eigenvalue weighted by Gasteiger charge is -2.28. The lowest BCUT2D eigenvalue weighted by molar-refractivity contribution is 0.132. The molecule has 6 aromatic rings. The van der Waals surface area contributed by atoms with Crippen LogP contribution in [-0.4, -0.2) is 25.5 Å². The van der Waals surface area contributed by atoms with E-state index in [1.807, 2.05) is 0 Å². The summed E-state index contributed by atoms with van der Waals surface area (Å²) in [7, 11) is -3.60. The number of unbranched alkanes of at least 4 members (excludes halogenated alkanes) is 1. The fourth-order valence-corrected chi connectivity index (χ4v) is 15.5. The lowest BCUT2D eigenvalue weighted by atomic mass is 10.3. The molecule has 0 radical (unpaired) electrons. The van der Waals surface area contributed by atoms with Crippen LogP contribution in [0.2, 0.25) is 0 Å². The van der Waals surface area contributed by atoms with Crippen LogP contribution in [0.25, 0.3) is 0 Å². The van der Waals surface area contributed by atoms with Crippen molar-refractivity contribution in [2.45, 2.75) is 19.3 Å². The first-order valence-electron chi connectivity index (χ1n) is 16.5. The zero-order chi connectivity index (χ0) is 31.3. The maximum Gasteiger partial charge on any atom is 0.112 e. The quantitative estimate of drug-likeness (QED) is 0.0815. The maximum absolute atomic E-state index is 6.40. The van der Waals surface area contributed by atoms with Crippen LogP contribution < -0.4 is 31.8 Å². The molecule has 0 aliphatic carbocycles. The minimum absolute atomic E-state index is 0.782. The minimum atomic E-state index is -1.81. The van der Waals surface area contributed by atoms with E-state index in [9.17, 15) is 0 Å². The first-order chi connectivity index (χ1) is 22.8. The first-order valence-corrected chi connectivity index (χ1v) is 20.5. The summed E-state index contributed by atoms with van der Waals surface area (Å²) in [6.07, 6.45) is 5.45. The fraction of sp³-hybridized carbons (Fsp3) is 0.163. The van der Waals surface area contributed by atoms with Gasteiger partial charge < -0.3 is 4.74 Å². The molecule has 3 heteroatoms. The van der Waals surface area contributed by atoms with Gasteiger partial charge >= 0.3 is 0 Å². The highest BCUT2D eigenvalue weighted by Gasteiger charge is 2.45. The third-order valence-corrected chi connectivity index (χ3v) is 18.0. The van der Waals surface area contributed by atoms with Crippen LogP contribution in [-0.2, 0) is 4.74 Å². The molecule has 0 aromatic heterocycles. The van der Waals surface area contributed by atoms with E-state index in [1.54, 1.807) is 0 Å². The molecule has 0 atom stereocenters. The molecule has 0 amide bonds. The Hall–Kier alpha value is -3.86. The van der Waals surface area contributed by atoms with Gasteiger partial charge in [0.2, 0.25) is 0 Å². The van der Waals surface area contributed by atoms with E-state index in [-0.39, 0.29) is 0 Å². The van der Waals surface area contributed by atoms with Crippen molar-refractivity contribution in [2.24, 2.45) is 0 Å². The van der Waals surface area contributed by atoms with Crippen LogP contribution in [0.4, 0.5) is 0 Å². The highest BCUT2D eigenvalue weighted by Crippen LogP contribution is 2.57. The summed E-state index contributed by atoms with van der Waals surface area (Å²) in [6, 6.07) is 67.1. The molecule has 0 fully saturated rings. The lowest BCUT2D eigenvalue weighted by Crippen LogP contribution is -2.33. The van der Waals surface area contributed by atoms with Gasteiger partial charge in [0.05, 0.1) is 18.9 Å². The zero-order valence-corrected chi connectivity index (χ0v) is 28.4. The van der Waals surface area contributed by atoms with Gasteiger partial charge in [0, 0.05) is 13.0 Å². The minimum Gasteiger partial charge on any atom is -0.381 e. The molecular formula is C43H44OP2+2. The van der Waals surface area contributed by atoms with Crippen LogP contribution >= 0.6 is 14.5 Å². The van der Waals surface area contributed by atoms with Crippen molar-refractivity contribution in [1.29, 1.82) is 0 Å². The summed E-state index contributed by atoms with van der Waals surface area (Å²) in [4.78, 5) is 0. The van der Waals surface area contributed by atoms with E-state index in [0.29, 0.717) is 0 Å². The molecule has 0 N–H and O–H groups in total. The van der Waals surface area contributed by atoms with Crippen molar-refractivity contribution in [1.82, 2.24) is 0 Å². The normalized spacial score (nSPS) is 11.7. The molecule has 6 rings (SSSR count). The summed E-state index contributed by atoms with van der Waals surface area (Å²) >= 11 is 0. The number of rotatable bonds is 15. The molecule has 6 aromatic carbocycles. The number of hydrogen-bond acceptors (Lipinski definition) is 1. The van der Waals surface area contributed by atoms with E-state index in [2.05, 4.69) is 182 Å². The van der Waals surface area contributed by atoms with Gasteiger partial charge in [-0.2, -0.15) is 0 Å². The van der Waals surface area contributed by atoms with Gasteiger partial charge in [-0.05, 0) is 85.6 Å². The summed E-state index contributed by atoms with van der Waals surface area (Å²) in [6.45, 7) is 1.58. The summed E-state index contributed by atoms with van der Waals surface area (Å²) in [5.41, 5.74) is 0. The summed E-state index contributed by atoms with van der Waals surface area (Å²) in [5, 5.41) is 8.69. The highest BCUT2D eigenvalue weighted by atomic mass is 31.2. The Kier molecular flexibility index (Phi) is 11.2. The molecule has 46 heavy (non-hydrogen) atoms. The van der Waals surface area contributed by atoms with Crippen molar-refractivity contribution in [3.8, 4) is 0 Å². The van der Waals surface area contributed by atoms with Crippen molar-refractivity contribution >= 4 is 46.4 Å². The first kappa shape index (κ1) is 32.1. The standard InChI is InChI=1S/C43H44OP2/c1-7-22-38(23-8-1)45(39-24-9-2-10-25-39,40-26-11-3-12-27-40)36-20-19-34-44-35-21-37-46(41-28-13-4-14-29-41,42-30-15-5-16-31-42)43-32-17-6-18-33-43/h1-18,22-33H,19-21,34-37H2/q+2. The molecule has 230 valence electrons. The van der Waals surface area contributed by atoms with Gasteiger partial charge in [0.15, 0.2) is 0 Å². The average molecular weight is 639 g/mol. The molecule has 1 nitrogen and oxygen atoms in total. The van der Waals surface area contributed by atoms with Gasteiger partial charge in [-0.25, -0.2) is 0 Å². The van der Waals surface area contributed by atoms with Crippen molar-refractivity contribution in [3.63, 3.8) is 0 Å². The highest BCUT2D eigenvalue weighted by molar-refractivity contribution is 7.96.